The molecule has 0 fully saturated rings. The van der Waals surface area contributed by atoms with E-state index in [9.17, 15) is 4.79 Å². The lowest BCUT2D eigenvalue weighted by Crippen LogP contribution is -2.21. The molecule has 1 amide bonds. The van der Waals surface area contributed by atoms with Gasteiger partial charge in [-0.15, -0.1) is 10.2 Å². The van der Waals surface area contributed by atoms with Crippen molar-refractivity contribution in [3.05, 3.63) is 24.3 Å². The number of rotatable bonds is 5. The van der Waals surface area contributed by atoms with Gasteiger partial charge in [0, 0.05) is 5.56 Å². The summed E-state index contributed by atoms with van der Waals surface area (Å²) < 4.78 is 5.37. The number of carbonyl (C=O) groups excluding carboxylic acids is 1. The monoisotopic (exact) mass is 278 g/mol. The Morgan fingerprint density at radius 1 is 1.37 bits per heavy atom. The highest BCUT2D eigenvalue weighted by atomic mass is 32.1. The Bertz CT molecular complexity index is 553. The van der Waals surface area contributed by atoms with Gasteiger partial charge in [0.1, 0.15) is 10.8 Å². The lowest BCUT2D eigenvalue weighted by molar-refractivity contribution is -0.114. The fourth-order valence-electron chi connectivity index (χ4n) is 1.42. The first-order valence-electron chi connectivity index (χ1n) is 5.79. The van der Waals surface area contributed by atoms with E-state index in [-0.39, 0.29) is 12.5 Å². The van der Waals surface area contributed by atoms with Gasteiger partial charge in [-0.25, -0.2) is 0 Å². The normalized spacial score (nSPS) is 10.2. The molecule has 6 nitrogen and oxygen atoms in total. The molecule has 0 unspecified atom stereocenters. The summed E-state index contributed by atoms with van der Waals surface area (Å²) in [5.41, 5.74) is 6.14. The van der Waals surface area contributed by atoms with Crippen molar-refractivity contribution in [3.8, 4) is 16.3 Å². The molecule has 0 saturated heterocycles. The van der Waals surface area contributed by atoms with Gasteiger partial charge in [-0.05, 0) is 31.2 Å². The highest BCUT2D eigenvalue weighted by Crippen LogP contribution is 2.27. The van der Waals surface area contributed by atoms with Crippen molar-refractivity contribution in [1.29, 1.82) is 0 Å². The second-order valence-electron chi connectivity index (χ2n) is 3.62. The van der Waals surface area contributed by atoms with E-state index in [1.54, 1.807) is 0 Å². The predicted octanol–water partition coefficient (Wildman–Crippen LogP) is 1.50. The Labute approximate surface area is 114 Å². The summed E-state index contributed by atoms with van der Waals surface area (Å²) in [5, 5.41) is 11.7. The number of benzene rings is 1. The molecule has 2 rings (SSSR count). The number of hydrogen-bond acceptors (Lipinski definition) is 6. The van der Waals surface area contributed by atoms with E-state index in [1.807, 2.05) is 31.2 Å². The number of nitrogens with two attached hydrogens (primary N) is 1. The van der Waals surface area contributed by atoms with E-state index in [0.717, 1.165) is 16.3 Å². The second-order valence-corrected chi connectivity index (χ2v) is 4.60. The summed E-state index contributed by atoms with van der Waals surface area (Å²) in [4.78, 5) is 11.1. The third kappa shape index (κ3) is 3.49. The molecule has 7 heteroatoms. The highest BCUT2D eigenvalue weighted by Gasteiger charge is 2.08. The summed E-state index contributed by atoms with van der Waals surface area (Å²) in [6.07, 6.45) is 0. The Hall–Kier alpha value is -1.99. The van der Waals surface area contributed by atoms with Crippen LogP contribution in [0.4, 0.5) is 5.13 Å². The minimum atomic E-state index is -0.283. The number of hydrogen-bond donors (Lipinski definition) is 2. The van der Waals surface area contributed by atoms with Crippen LogP contribution < -0.4 is 15.8 Å². The number of carbonyl (C=O) groups is 1. The number of anilines is 1. The number of amides is 1. The van der Waals surface area contributed by atoms with E-state index in [4.69, 9.17) is 10.5 Å². The van der Waals surface area contributed by atoms with Crippen molar-refractivity contribution in [1.82, 2.24) is 10.2 Å². The van der Waals surface area contributed by atoms with Gasteiger partial charge in [-0.3, -0.25) is 10.1 Å². The smallest absolute Gasteiger partial charge is 0.239 e. The number of nitrogens with one attached hydrogen (secondary N) is 1. The van der Waals surface area contributed by atoms with Gasteiger partial charge in [-0.2, -0.15) is 0 Å². The Balaban J connectivity index is 2.11. The van der Waals surface area contributed by atoms with E-state index < -0.39 is 0 Å². The fraction of sp³-hybridized carbons (Fsp3) is 0.250. The topological polar surface area (TPSA) is 90.1 Å². The Morgan fingerprint density at radius 2 is 2.11 bits per heavy atom. The van der Waals surface area contributed by atoms with Crippen molar-refractivity contribution in [2.45, 2.75) is 6.92 Å². The first-order valence-corrected chi connectivity index (χ1v) is 6.61. The number of ether oxygens (including phenoxy) is 1. The summed E-state index contributed by atoms with van der Waals surface area (Å²) in [6.45, 7) is 2.50. The molecule has 0 spiro atoms. The second kappa shape index (κ2) is 6.26. The Morgan fingerprint density at radius 3 is 2.74 bits per heavy atom. The van der Waals surface area contributed by atoms with Crippen LogP contribution >= 0.6 is 11.3 Å². The molecular formula is C12H14N4O2S. The number of aromatic nitrogens is 2. The maximum absolute atomic E-state index is 11.1. The molecule has 0 aliphatic rings. The molecule has 1 aromatic carbocycles. The van der Waals surface area contributed by atoms with Crippen LogP contribution in [-0.4, -0.2) is 29.3 Å². The fourth-order valence-corrected chi connectivity index (χ4v) is 2.19. The third-order valence-electron chi connectivity index (χ3n) is 2.27. The van der Waals surface area contributed by atoms with Crippen LogP contribution in [0.15, 0.2) is 24.3 Å². The van der Waals surface area contributed by atoms with Crippen LogP contribution in [0.3, 0.4) is 0 Å². The molecule has 0 radical (unpaired) electrons. The zero-order valence-corrected chi connectivity index (χ0v) is 11.2. The van der Waals surface area contributed by atoms with Gasteiger partial charge >= 0.3 is 0 Å². The van der Waals surface area contributed by atoms with Crippen molar-refractivity contribution in [2.24, 2.45) is 5.73 Å². The van der Waals surface area contributed by atoms with Crippen LogP contribution in [0.25, 0.3) is 10.6 Å². The first kappa shape index (κ1) is 13.4. The average molecular weight is 278 g/mol. The minimum Gasteiger partial charge on any atom is -0.494 e. The van der Waals surface area contributed by atoms with Crippen molar-refractivity contribution < 1.29 is 9.53 Å². The zero-order valence-electron chi connectivity index (χ0n) is 10.4. The largest absolute Gasteiger partial charge is 0.494 e. The molecule has 0 atom stereocenters. The van der Waals surface area contributed by atoms with Crippen molar-refractivity contribution in [2.75, 3.05) is 18.5 Å². The van der Waals surface area contributed by atoms with Crippen LogP contribution in [0.1, 0.15) is 6.92 Å². The molecule has 1 heterocycles. The quantitative estimate of drug-likeness (QED) is 0.865. The summed E-state index contributed by atoms with van der Waals surface area (Å²) in [7, 11) is 0. The van der Waals surface area contributed by atoms with Crippen LogP contribution in [0.2, 0.25) is 0 Å². The molecule has 3 N–H and O–H groups in total. The molecule has 0 bridgehead atoms. The van der Waals surface area contributed by atoms with E-state index in [1.165, 1.54) is 11.3 Å². The molecule has 19 heavy (non-hydrogen) atoms. The summed E-state index contributed by atoms with van der Waals surface area (Å²) >= 11 is 1.30. The van der Waals surface area contributed by atoms with E-state index in [2.05, 4.69) is 15.5 Å². The molecule has 0 saturated carbocycles. The van der Waals surface area contributed by atoms with Crippen LogP contribution in [0, 0.1) is 0 Å². The van der Waals surface area contributed by atoms with Gasteiger partial charge in [0.15, 0.2) is 0 Å². The molecule has 2 aromatic rings. The van der Waals surface area contributed by atoms with Gasteiger partial charge in [0.05, 0.1) is 13.2 Å². The van der Waals surface area contributed by atoms with Crippen molar-refractivity contribution >= 4 is 22.4 Å². The van der Waals surface area contributed by atoms with E-state index >= 15 is 0 Å². The van der Waals surface area contributed by atoms with Crippen molar-refractivity contribution in [3.63, 3.8) is 0 Å². The van der Waals surface area contributed by atoms with Gasteiger partial charge < -0.3 is 10.5 Å². The average Bonchev–Trinajstić information content (AvgIpc) is 2.88. The lowest BCUT2D eigenvalue weighted by Gasteiger charge is -2.02. The van der Waals surface area contributed by atoms with Crippen LogP contribution in [0.5, 0.6) is 5.75 Å². The highest BCUT2D eigenvalue weighted by molar-refractivity contribution is 7.18. The molecule has 0 aliphatic carbocycles. The molecule has 0 aliphatic heterocycles. The summed E-state index contributed by atoms with van der Waals surface area (Å²) in [5.74, 6) is 0.529. The third-order valence-corrected chi connectivity index (χ3v) is 3.16. The maximum atomic E-state index is 11.1. The van der Waals surface area contributed by atoms with Crippen LogP contribution in [-0.2, 0) is 4.79 Å². The zero-order chi connectivity index (χ0) is 13.7. The first-order chi connectivity index (χ1) is 9.22. The Kier molecular flexibility index (Phi) is 4.43. The van der Waals surface area contributed by atoms with E-state index in [0.29, 0.717) is 11.7 Å². The standard InChI is InChI=1S/C12H14N4O2S/c1-2-18-9-5-3-8(4-6-9)11-15-16-12(19-11)14-10(17)7-13/h3-6H,2,7,13H2,1H3,(H,14,16,17). The summed E-state index contributed by atoms with van der Waals surface area (Å²) in [6, 6.07) is 7.55. The van der Waals surface area contributed by atoms with Gasteiger partial charge in [0.25, 0.3) is 0 Å². The predicted molar refractivity (Wildman–Crippen MR) is 74.2 cm³/mol. The molecular weight excluding hydrogens is 264 g/mol. The van der Waals surface area contributed by atoms with Gasteiger partial charge in [-0.1, -0.05) is 11.3 Å². The molecule has 100 valence electrons. The lowest BCUT2D eigenvalue weighted by atomic mass is 10.2. The number of nitrogens with zero attached hydrogens (tertiary/aromatic N) is 2. The SMILES string of the molecule is CCOc1ccc(-c2nnc(NC(=O)CN)s2)cc1. The maximum Gasteiger partial charge on any atom is 0.239 e. The van der Waals surface area contributed by atoms with Gasteiger partial charge in [0.2, 0.25) is 11.0 Å². The molecule has 1 aromatic heterocycles. The minimum absolute atomic E-state index is 0.0715.